The monoisotopic (exact) mass is 562 g/mol. The zero-order valence-corrected chi connectivity index (χ0v) is 22.0. The first-order valence-electron chi connectivity index (χ1n) is 13.6. The molecule has 2 heterocycles. The van der Waals surface area contributed by atoms with Crippen LogP contribution in [0, 0.1) is 10.1 Å². The summed E-state index contributed by atoms with van der Waals surface area (Å²) in [6.07, 6.45) is -1.10. The van der Waals surface area contributed by atoms with Crippen molar-refractivity contribution in [2.75, 3.05) is 38.0 Å². The van der Waals surface area contributed by atoms with E-state index in [9.17, 15) is 28.1 Å². The van der Waals surface area contributed by atoms with Crippen LogP contribution in [0.15, 0.2) is 42.5 Å². The number of rotatable bonds is 9. The lowest BCUT2D eigenvalue weighted by molar-refractivity contribution is -0.388. The third-order valence-electron chi connectivity index (χ3n) is 7.93. The van der Waals surface area contributed by atoms with Gasteiger partial charge in [0, 0.05) is 56.9 Å². The molecule has 216 valence electrons. The molecule has 2 aromatic carbocycles. The van der Waals surface area contributed by atoms with Gasteiger partial charge in [-0.3, -0.25) is 24.7 Å². The highest BCUT2D eigenvalue weighted by Crippen LogP contribution is 2.38. The van der Waals surface area contributed by atoms with Gasteiger partial charge in [-0.15, -0.1) is 0 Å². The normalized spacial score (nSPS) is 24.6. The first-order chi connectivity index (χ1) is 19.2. The van der Waals surface area contributed by atoms with Crippen molar-refractivity contribution in [2.24, 2.45) is 0 Å². The molecule has 0 radical (unpaired) electrons. The van der Waals surface area contributed by atoms with Crippen LogP contribution in [0.2, 0.25) is 0 Å². The van der Waals surface area contributed by atoms with Gasteiger partial charge >= 0.3 is 6.18 Å². The summed E-state index contributed by atoms with van der Waals surface area (Å²) < 4.78 is 52.1. The quantitative estimate of drug-likeness (QED) is 0.271. The molecular weight excluding hydrogens is 529 g/mol. The lowest BCUT2D eigenvalue weighted by Crippen LogP contribution is -2.54. The maximum absolute atomic E-state index is 13.3. The zero-order valence-electron chi connectivity index (χ0n) is 22.0. The van der Waals surface area contributed by atoms with Gasteiger partial charge in [0.25, 0.3) is 5.69 Å². The highest BCUT2D eigenvalue weighted by molar-refractivity contribution is 5.56. The Kier molecular flexibility index (Phi) is 8.57. The molecule has 1 saturated carbocycles. The molecule has 0 bridgehead atoms. The molecule has 0 aromatic heterocycles. The summed E-state index contributed by atoms with van der Waals surface area (Å²) in [5, 5.41) is 14.1. The van der Waals surface area contributed by atoms with E-state index in [1.54, 1.807) is 0 Å². The first-order valence-corrected chi connectivity index (χ1v) is 13.6. The number of ether oxygens (including phenoxy) is 2. The summed E-state index contributed by atoms with van der Waals surface area (Å²) in [5.74, 6) is 0.962. The maximum Gasteiger partial charge on any atom is 0.423 e. The standard InChI is InChI=1S/C28H33F3N4O5/c29-28(30,31)24-16-21(7-10-25(24)35(37)38)32-20-5-8-22(9-6-20)40-27(18-36)34-13-11-33(12-14-34)17-23-15-19-3-1-2-4-26(19)39-23/h1-4,7,10,16,18,20,22-23,27,32H,5-6,8-9,11-15,17H2. The van der Waals surface area contributed by atoms with E-state index in [1.165, 1.54) is 11.6 Å². The molecule has 40 heavy (non-hydrogen) atoms. The van der Waals surface area contributed by atoms with Gasteiger partial charge in [0.05, 0.1) is 11.0 Å². The van der Waals surface area contributed by atoms with Crippen LogP contribution in [0.4, 0.5) is 24.5 Å². The maximum atomic E-state index is 13.3. The van der Waals surface area contributed by atoms with Crippen LogP contribution in [0.3, 0.4) is 0 Å². The van der Waals surface area contributed by atoms with Crippen LogP contribution in [0.1, 0.15) is 36.8 Å². The van der Waals surface area contributed by atoms with Gasteiger partial charge in [-0.1, -0.05) is 18.2 Å². The zero-order chi connectivity index (χ0) is 28.3. The van der Waals surface area contributed by atoms with Gasteiger partial charge in [0.2, 0.25) is 0 Å². The van der Waals surface area contributed by atoms with Crippen molar-refractivity contribution in [1.82, 2.24) is 9.80 Å². The number of carbonyl (C=O) groups excluding carboxylic acids is 1. The number of alkyl halides is 3. The third kappa shape index (κ3) is 6.73. The second kappa shape index (κ2) is 12.1. The Bertz CT molecular complexity index is 1170. The number of fused-ring (bicyclic) bond motifs is 1. The van der Waals surface area contributed by atoms with Gasteiger partial charge < -0.3 is 14.8 Å². The number of carbonyl (C=O) groups is 1. The number of nitro groups is 1. The van der Waals surface area contributed by atoms with Gasteiger partial charge in [-0.2, -0.15) is 13.2 Å². The molecular formula is C28H33F3N4O5. The van der Waals surface area contributed by atoms with E-state index >= 15 is 0 Å². The number of anilines is 1. The third-order valence-corrected chi connectivity index (χ3v) is 7.93. The van der Waals surface area contributed by atoms with E-state index in [1.807, 2.05) is 23.1 Å². The SMILES string of the molecule is O=CC(OC1CCC(Nc2ccc([N+](=O)[O-])c(C(F)(F)F)c2)CC1)N1CCN(CC2Cc3ccccc3O2)CC1. The Labute approximate surface area is 230 Å². The molecule has 9 nitrogen and oxygen atoms in total. The minimum Gasteiger partial charge on any atom is -0.488 e. The number of piperazine rings is 1. The molecule has 2 aromatic rings. The minimum atomic E-state index is -4.82. The van der Waals surface area contributed by atoms with Crippen LogP contribution in [0.5, 0.6) is 5.75 Å². The summed E-state index contributed by atoms with van der Waals surface area (Å²) in [5.41, 5.74) is -0.801. The number of aldehydes is 1. The second-order valence-electron chi connectivity index (χ2n) is 10.7. The van der Waals surface area contributed by atoms with E-state index in [0.717, 1.165) is 50.2 Å². The van der Waals surface area contributed by atoms with Gasteiger partial charge in [0.15, 0.2) is 12.5 Å². The smallest absolute Gasteiger partial charge is 0.423 e. The molecule has 2 atom stereocenters. The van der Waals surface area contributed by atoms with Crippen LogP contribution < -0.4 is 10.1 Å². The highest BCUT2D eigenvalue weighted by Gasteiger charge is 2.39. The number of nitrogens with one attached hydrogen (secondary N) is 1. The number of benzene rings is 2. The fourth-order valence-corrected chi connectivity index (χ4v) is 5.84. The molecule has 1 N–H and O–H groups in total. The predicted octanol–water partition coefficient (Wildman–Crippen LogP) is 4.50. The molecule has 12 heteroatoms. The van der Waals surface area contributed by atoms with E-state index in [2.05, 4.69) is 16.3 Å². The van der Waals surface area contributed by atoms with Crippen LogP contribution in [-0.4, -0.2) is 78.2 Å². The summed E-state index contributed by atoms with van der Waals surface area (Å²) in [6.45, 7) is 3.89. The van der Waals surface area contributed by atoms with Gasteiger partial charge in [-0.25, -0.2) is 0 Å². The number of para-hydroxylation sites is 1. The van der Waals surface area contributed by atoms with Gasteiger partial charge in [-0.05, 0) is 49.4 Å². The molecule has 2 fully saturated rings. The average Bonchev–Trinajstić information content (AvgIpc) is 3.35. The Morgan fingerprint density at radius 3 is 2.48 bits per heavy atom. The van der Waals surface area contributed by atoms with E-state index in [0.29, 0.717) is 38.8 Å². The predicted molar refractivity (Wildman–Crippen MR) is 141 cm³/mol. The first kappa shape index (κ1) is 28.3. The average molecular weight is 563 g/mol. The topological polar surface area (TPSA) is 97.2 Å². The number of halogens is 3. The molecule has 5 rings (SSSR count). The molecule has 0 spiro atoms. The fraction of sp³-hybridized carbons (Fsp3) is 0.536. The van der Waals surface area contributed by atoms with Crippen LogP contribution in [0.25, 0.3) is 0 Å². The summed E-state index contributed by atoms with van der Waals surface area (Å²) in [6, 6.07) is 11.0. The van der Waals surface area contributed by atoms with Crippen molar-refractivity contribution in [2.45, 2.75) is 62.8 Å². The van der Waals surface area contributed by atoms with Crippen molar-refractivity contribution < 1.29 is 32.4 Å². The number of hydrogen-bond acceptors (Lipinski definition) is 8. The van der Waals surface area contributed by atoms with Crippen molar-refractivity contribution >= 4 is 17.7 Å². The molecule has 2 unspecified atom stereocenters. The van der Waals surface area contributed by atoms with Crippen molar-refractivity contribution in [3.63, 3.8) is 0 Å². The number of hydrogen-bond donors (Lipinski definition) is 1. The molecule has 3 aliphatic rings. The number of nitro benzene ring substituents is 1. The molecule has 1 aliphatic carbocycles. The molecule has 1 saturated heterocycles. The van der Waals surface area contributed by atoms with Crippen molar-refractivity contribution in [3.8, 4) is 5.75 Å². The summed E-state index contributed by atoms with van der Waals surface area (Å²) in [4.78, 5) is 26.3. The summed E-state index contributed by atoms with van der Waals surface area (Å²) in [7, 11) is 0. The van der Waals surface area contributed by atoms with Crippen LogP contribution in [-0.2, 0) is 22.1 Å². The minimum absolute atomic E-state index is 0.0930. The molecule has 2 aliphatic heterocycles. The van der Waals surface area contributed by atoms with Gasteiger partial charge in [0.1, 0.15) is 17.4 Å². The Morgan fingerprint density at radius 2 is 1.82 bits per heavy atom. The second-order valence-corrected chi connectivity index (χ2v) is 10.7. The van der Waals surface area contributed by atoms with Crippen LogP contribution >= 0.6 is 0 Å². The van der Waals surface area contributed by atoms with Crippen molar-refractivity contribution in [1.29, 1.82) is 0 Å². The number of nitrogens with zero attached hydrogens (tertiary/aromatic N) is 3. The Balaban J connectivity index is 1.06. The van der Waals surface area contributed by atoms with E-state index in [-0.39, 0.29) is 23.9 Å². The van der Waals surface area contributed by atoms with E-state index in [4.69, 9.17) is 9.47 Å². The fourth-order valence-electron chi connectivity index (χ4n) is 5.84. The highest BCUT2D eigenvalue weighted by atomic mass is 19.4. The van der Waals surface area contributed by atoms with E-state index < -0.39 is 28.6 Å². The largest absolute Gasteiger partial charge is 0.488 e. The Morgan fingerprint density at radius 1 is 1.10 bits per heavy atom. The lowest BCUT2D eigenvalue weighted by Gasteiger charge is -2.39. The summed E-state index contributed by atoms with van der Waals surface area (Å²) >= 11 is 0. The lowest BCUT2D eigenvalue weighted by atomic mass is 9.92. The Hall–Kier alpha value is -3.22. The van der Waals surface area contributed by atoms with Crippen molar-refractivity contribution in [3.05, 3.63) is 63.7 Å². The molecule has 0 amide bonds.